The second-order valence-corrected chi connectivity index (χ2v) is 9.17. The van der Waals surface area contributed by atoms with E-state index in [-0.39, 0.29) is 18.4 Å². The maximum Gasteiger partial charge on any atom is 0.129 e. The molecule has 0 atom stereocenters. The van der Waals surface area contributed by atoms with Gasteiger partial charge in [-0.15, -0.1) is 23.7 Å². The first kappa shape index (κ1) is 23.4. The summed E-state index contributed by atoms with van der Waals surface area (Å²) in [6.45, 7) is 4.45. The highest BCUT2D eigenvalue weighted by Gasteiger charge is 2.27. The van der Waals surface area contributed by atoms with Crippen molar-refractivity contribution in [2.24, 2.45) is 0 Å². The van der Waals surface area contributed by atoms with Crippen LogP contribution in [0.1, 0.15) is 22.7 Å². The van der Waals surface area contributed by atoms with Gasteiger partial charge in [0.05, 0.1) is 11.6 Å². The molecule has 0 saturated carbocycles. The number of hydrogen-bond acceptors (Lipinski definition) is 4. The normalized spacial score (nSPS) is 14.7. The predicted molar refractivity (Wildman–Crippen MR) is 141 cm³/mol. The number of piperazine rings is 1. The number of nitrogens with zero attached hydrogens (tertiary/aromatic N) is 2. The van der Waals surface area contributed by atoms with Gasteiger partial charge in [0.2, 0.25) is 0 Å². The Hall–Kier alpha value is -2.72. The van der Waals surface area contributed by atoms with E-state index in [0.29, 0.717) is 6.54 Å². The van der Waals surface area contributed by atoms with Crippen LogP contribution in [-0.2, 0) is 4.79 Å². The Labute approximate surface area is 205 Å². The Morgan fingerprint density at radius 3 is 2.00 bits per heavy atom. The Morgan fingerprint density at radius 2 is 1.39 bits per heavy atom. The molecule has 0 unspecified atom stereocenters. The third kappa shape index (κ3) is 5.11. The average molecular weight is 475 g/mol. The van der Waals surface area contributed by atoms with Gasteiger partial charge < -0.3 is 0 Å². The van der Waals surface area contributed by atoms with Crippen molar-refractivity contribution in [3.8, 4) is 0 Å². The molecule has 1 saturated heterocycles. The van der Waals surface area contributed by atoms with E-state index in [9.17, 15) is 4.79 Å². The number of halogens is 1. The van der Waals surface area contributed by atoms with Crippen LogP contribution in [0, 0.1) is 0 Å². The van der Waals surface area contributed by atoms with Crippen molar-refractivity contribution in [2.75, 3.05) is 32.7 Å². The molecule has 2 heterocycles. The van der Waals surface area contributed by atoms with E-state index in [1.54, 1.807) is 11.3 Å². The van der Waals surface area contributed by atoms with Gasteiger partial charge in [-0.1, -0.05) is 78.9 Å². The summed E-state index contributed by atoms with van der Waals surface area (Å²) in [4.78, 5) is 16.8. The van der Waals surface area contributed by atoms with Gasteiger partial charge in [0.1, 0.15) is 5.94 Å². The Bertz CT molecular complexity index is 1190. The maximum absolute atomic E-state index is 11.9. The van der Waals surface area contributed by atoms with Crippen molar-refractivity contribution in [3.05, 3.63) is 107 Å². The molecule has 168 valence electrons. The first-order chi connectivity index (χ1) is 15.8. The first-order valence-electron chi connectivity index (χ1n) is 11.1. The van der Waals surface area contributed by atoms with Gasteiger partial charge in [-0.25, -0.2) is 4.79 Å². The van der Waals surface area contributed by atoms with E-state index in [1.807, 2.05) is 12.1 Å². The minimum atomic E-state index is 0. The molecule has 1 aliphatic heterocycles. The highest BCUT2D eigenvalue weighted by Crippen LogP contribution is 2.32. The summed E-state index contributed by atoms with van der Waals surface area (Å²) in [7, 11) is 0. The molecular formula is C28H27ClN2OS. The maximum atomic E-state index is 11.9. The molecule has 4 aromatic rings. The molecule has 0 spiro atoms. The molecule has 0 radical (unpaired) electrons. The van der Waals surface area contributed by atoms with E-state index in [0.717, 1.165) is 42.7 Å². The van der Waals surface area contributed by atoms with Gasteiger partial charge >= 0.3 is 0 Å². The molecule has 1 fully saturated rings. The topological polar surface area (TPSA) is 23.6 Å². The molecule has 33 heavy (non-hydrogen) atoms. The van der Waals surface area contributed by atoms with Crippen molar-refractivity contribution in [2.45, 2.75) is 6.04 Å². The summed E-state index contributed by atoms with van der Waals surface area (Å²) in [6, 6.07) is 30.0. The minimum Gasteiger partial charge on any atom is -0.296 e. The smallest absolute Gasteiger partial charge is 0.129 e. The van der Waals surface area contributed by atoms with E-state index >= 15 is 0 Å². The summed E-state index contributed by atoms with van der Waals surface area (Å²) in [6.07, 6.45) is 0. The molecular weight excluding hydrogens is 448 g/mol. The lowest BCUT2D eigenvalue weighted by atomic mass is 9.96. The van der Waals surface area contributed by atoms with Gasteiger partial charge in [0, 0.05) is 53.8 Å². The SMILES string of the molecule is Cl.O=C=C(CN1CCN(C(c2ccccc2)c2ccccc2)CC1)c1csc2ccccc12. The molecule has 0 bridgehead atoms. The van der Waals surface area contributed by atoms with E-state index in [1.165, 1.54) is 15.8 Å². The lowest BCUT2D eigenvalue weighted by molar-refractivity contribution is 0.119. The van der Waals surface area contributed by atoms with Crippen LogP contribution in [0.3, 0.4) is 0 Å². The minimum absolute atomic E-state index is 0. The van der Waals surface area contributed by atoms with Gasteiger partial charge in [0.25, 0.3) is 0 Å². The highest BCUT2D eigenvalue weighted by atomic mass is 35.5. The molecule has 1 aliphatic rings. The third-order valence-corrected chi connectivity index (χ3v) is 7.28. The lowest BCUT2D eigenvalue weighted by Crippen LogP contribution is -2.48. The molecule has 5 heteroatoms. The molecule has 0 N–H and O–H groups in total. The Morgan fingerprint density at radius 1 is 0.818 bits per heavy atom. The Kier molecular flexibility index (Phi) is 7.77. The zero-order chi connectivity index (χ0) is 21.8. The van der Waals surface area contributed by atoms with Crippen molar-refractivity contribution in [1.29, 1.82) is 0 Å². The second kappa shape index (κ2) is 10.9. The number of benzene rings is 3. The van der Waals surface area contributed by atoms with Gasteiger partial charge in [-0.2, -0.15) is 0 Å². The van der Waals surface area contributed by atoms with Gasteiger partial charge in [0.15, 0.2) is 0 Å². The van der Waals surface area contributed by atoms with Crippen molar-refractivity contribution < 1.29 is 4.79 Å². The fraction of sp³-hybridized carbons (Fsp3) is 0.214. The number of thiophene rings is 1. The zero-order valence-corrected chi connectivity index (χ0v) is 20.0. The Balaban J connectivity index is 0.00000259. The predicted octanol–water partition coefficient (Wildman–Crippen LogP) is 5.95. The summed E-state index contributed by atoms with van der Waals surface area (Å²) >= 11 is 1.69. The van der Waals surface area contributed by atoms with Crippen molar-refractivity contribution in [1.82, 2.24) is 9.80 Å². The number of carbonyl (C=O) groups excluding carboxylic acids is 1. The number of rotatable bonds is 6. The molecule has 0 aliphatic carbocycles. The summed E-state index contributed by atoms with van der Waals surface area (Å²) in [5.74, 6) is 2.25. The summed E-state index contributed by atoms with van der Waals surface area (Å²) in [5.41, 5.74) is 4.45. The molecule has 5 rings (SSSR count). The monoisotopic (exact) mass is 474 g/mol. The third-order valence-electron chi connectivity index (χ3n) is 6.31. The molecule has 0 amide bonds. The highest BCUT2D eigenvalue weighted by molar-refractivity contribution is 7.17. The van der Waals surface area contributed by atoms with Crippen LogP contribution in [-0.4, -0.2) is 48.5 Å². The molecule has 1 aromatic heterocycles. The molecule has 3 nitrogen and oxygen atoms in total. The number of hydrogen-bond donors (Lipinski definition) is 0. The standard InChI is InChI=1S/C28H26N2OS.ClH/c31-20-24(26-21-32-27-14-8-7-13-25(26)27)19-29-15-17-30(18-16-29)28(22-9-3-1-4-10-22)23-11-5-2-6-12-23;/h1-14,21,28H,15-19H2;1H. The van der Waals surface area contributed by atoms with Gasteiger partial charge in [-0.05, 0) is 17.2 Å². The van der Waals surface area contributed by atoms with Crippen LogP contribution in [0.4, 0.5) is 0 Å². The van der Waals surface area contributed by atoms with Crippen LogP contribution in [0.2, 0.25) is 0 Å². The van der Waals surface area contributed by atoms with Crippen LogP contribution < -0.4 is 0 Å². The fourth-order valence-corrected chi connectivity index (χ4v) is 5.65. The number of fused-ring (bicyclic) bond motifs is 1. The van der Waals surface area contributed by atoms with E-state index in [2.05, 4.69) is 93.9 Å². The molecule has 3 aromatic carbocycles. The largest absolute Gasteiger partial charge is 0.296 e. The zero-order valence-electron chi connectivity index (χ0n) is 18.4. The fourth-order valence-electron chi connectivity index (χ4n) is 4.67. The average Bonchev–Trinajstić information content (AvgIpc) is 3.29. The van der Waals surface area contributed by atoms with Gasteiger partial charge in [-0.3, -0.25) is 9.80 Å². The van der Waals surface area contributed by atoms with Crippen molar-refractivity contribution in [3.63, 3.8) is 0 Å². The van der Waals surface area contributed by atoms with Crippen LogP contribution >= 0.6 is 23.7 Å². The van der Waals surface area contributed by atoms with Crippen LogP contribution in [0.25, 0.3) is 15.7 Å². The quantitative estimate of drug-likeness (QED) is 0.323. The van der Waals surface area contributed by atoms with Crippen LogP contribution in [0.15, 0.2) is 90.3 Å². The van der Waals surface area contributed by atoms with Crippen molar-refractivity contribution >= 4 is 45.3 Å². The summed E-state index contributed by atoms with van der Waals surface area (Å²) in [5, 5.41) is 3.25. The second-order valence-electron chi connectivity index (χ2n) is 8.26. The summed E-state index contributed by atoms with van der Waals surface area (Å²) < 4.78 is 1.22. The van der Waals surface area contributed by atoms with E-state index < -0.39 is 0 Å². The lowest BCUT2D eigenvalue weighted by Gasteiger charge is -2.39. The van der Waals surface area contributed by atoms with E-state index in [4.69, 9.17) is 0 Å². The first-order valence-corrected chi connectivity index (χ1v) is 12.0. The van der Waals surface area contributed by atoms with Crippen LogP contribution in [0.5, 0.6) is 0 Å².